The summed E-state index contributed by atoms with van der Waals surface area (Å²) in [5.74, 6) is 0.0921. The van der Waals surface area contributed by atoms with Gasteiger partial charge < -0.3 is 21.3 Å². The Morgan fingerprint density at radius 3 is 2.74 bits per heavy atom. The number of aromatic nitrogens is 3. The number of carbonyl (C=O) groups is 2. The van der Waals surface area contributed by atoms with E-state index in [-0.39, 0.29) is 29.4 Å². The van der Waals surface area contributed by atoms with Gasteiger partial charge in [-0.15, -0.1) is 10.2 Å². The Kier molecular flexibility index (Phi) is 6.84. The quantitative estimate of drug-likeness (QED) is 0.585. The number of hydrogen-bond donors (Lipinski definition) is 3. The second-order valence-electron chi connectivity index (χ2n) is 8.02. The standard InChI is InChI=1S/C22H29N7O2/c1-5-18(30)29-10-6-7-16(12-29)25-22-26-21(19(20(23)31)27-28-22)24-15-8-9-17(13(2)3)14(4)11-15/h5,8-9,11,13,16H,1,6-7,10,12H2,2-4H3,(H2,23,31)(H2,24,25,26,28)/t16-/m1/s1. The normalized spacial score (nSPS) is 16.1. The summed E-state index contributed by atoms with van der Waals surface area (Å²) >= 11 is 0. The van der Waals surface area contributed by atoms with Crippen molar-refractivity contribution in [3.63, 3.8) is 0 Å². The van der Waals surface area contributed by atoms with E-state index in [0.717, 1.165) is 24.1 Å². The predicted octanol–water partition coefficient (Wildman–Crippen LogP) is 2.73. The zero-order chi connectivity index (χ0) is 22.5. The van der Waals surface area contributed by atoms with E-state index in [1.165, 1.54) is 11.6 Å². The minimum absolute atomic E-state index is 0.0284. The Hall–Kier alpha value is -3.49. The van der Waals surface area contributed by atoms with E-state index in [9.17, 15) is 9.59 Å². The molecule has 1 atom stereocenters. The van der Waals surface area contributed by atoms with Crippen molar-refractivity contribution in [3.8, 4) is 0 Å². The van der Waals surface area contributed by atoms with Gasteiger partial charge in [-0.05, 0) is 55.0 Å². The summed E-state index contributed by atoms with van der Waals surface area (Å²) in [5.41, 5.74) is 8.59. The highest BCUT2D eigenvalue weighted by Crippen LogP contribution is 2.25. The molecule has 1 aromatic carbocycles. The van der Waals surface area contributed by atoms with E-state index in [0.29, 0.717) is 19.0 Å². The third-order valence-electron chi connectivity index (χ3n) is 5.32. The maximum absolute atomic E-state index is 11.9. The zero-order valence-corrected chi connectivity index (χ0v) is 18.2. The summed E-state index contributed by atoms with van der Waals surface area (Å²) in [5, 5.41) is 14.3. The maximum Gasteiger partial charge on any atom is 0.273 e. The first-order valence-corrected chi connectivity index (χ1v) is 10.4. The van der Waals surface area contributed by atoms with Crippen molar-refractivity contribution < 1.29 is 9.59 Å². The molecule has 0 radical (unpaired) electrons. The Balaban J connectivity index is 1.81. The molecule has 3 rings (SSSR count). The molecule has 1 aliphatic rings. The van der Waals surface area contributed by atoms with Crippen LogP contribution in [0, 0.1) is 6.92 Å². The first kappa shape index (κ1) is 22.2. The molecule has 0 unspecified atom stereocenters. The fourth-order valence-electron chi connectivity index (χ4n) is 3.78. The van der Waals surface area contributed by atoms with Crippen LogP contribution in [0.1, 0.15) is 54.2 Å². The van der Waals surface area contributed by atoms with Crippen molar-refractivity contribution in [2.24, 2.45) is 5.73 Å². The van der Waals surface area contributed by atoms with Crippen LogP contribution in [0.4, 0.5) is 17.5 Å². The topological polar surface area (TPSA) is 126 Å². The molecule has 2 aromatic rings. The van der Waals surface area contributed by atoms with Gasteiger partial charge in [-0.2, -0.15) is 4.98 Å². The van der Waals surface area contributed by atoms with Crippen LogP contribution < -0.4 is 16.4 Å². The smallest absolute Gasteiger partial charge is 0.273 e. The monoisotopic (exact) mass is 423 g/mol. The highest BCUT2D eigenvalue weighted by Gasteiger charge is 2.24. The number of anilines is 3. The molecule has 31 heavy (non-hydrogen) atoms. The van der Waals surface area contributed by atoms with Gasteiger partial charge in [0.1, 0.15) is 0 Å². The van der Waals surface area contributed by atoms with Crippen molar-refractivity contribution in [1.82, 2.24) is 20.1 Å². The number of primary amides is 1. The van der Waals surface area contributed by atoms with Gasteiger partial charge in [-0.3, -0.25) is 9.59 Å². The van der Waals surface area contributed by atoms with Gasteiger partial charge in [-0.1, -0.05) is 26.5 Å². The summed E-state index contributed by atoms with van der Waals surface area (Å²) < 4.78 is 0. The number of likely N-dealkylation sites (tertiary alicyclic amines) is 1. The summed E-state index contributed by atoms with van der Waals surface area (Å²) in [6, 6.07) is 5.95. The highest BCUT2D eigenvalue weighted by atomic mass is 16.2. The van der Waals surface area contributed by atoms with E-state index < -0.39 is 5.91 Å². The number of amides is 2. The largest absolute Gasteiger partial charge is 0.364 e. The number of benzene rings is 1. The molecule has 2 heterocycles. The molecule has 0 spiro atoms. The molecule has 9 heteroatoms. The number of nitrogens with one attached hydrogen (secondary N) is 2. The van der Waals surface area contributed by atoms with Gasteiger partial charge in [-0.25, -0.2) is 0 Å². The first-order chi connectivity index (χ1) is 14.8. The minimum atomic E-state index is -0.718. The summed E-state index contributed by atoms with van der Waals surface area (Å²) in [6.07, 6.45) is 3.04. The first-order valence-electron chi connectivity index (χ1n) is 10.4. The van der Waals surface area contributed by atoms with E-state index in [4.69, 9.17) is 5.73 Å². The summed E-state index contributed by atoms with van der Waals surface area (Å²) in [6.45, 7) is 11.1. The molecular formula is C22H29N7O2. The molecule has 0 saturated carbocycles. The van der Waals surface area contributed by atoms with Crippen LogP contribution in [0.3, 0.4) is 0 Å². The number of carbonyl (C=O) groups excluding carboxylic acids is 2. The van der Waals surface area contributed by atoms with Crippen LogP contribution in [0.25, 0.3) is 0 Å². The third-order valence-corrected chi connectivity index (χ3v) is 5.32. The Morgan fingerprint density at radius 1 is 1.32 bits per heavy atom. The molecule has 4 N–H and O–H groups in total. The number of nitrogens with two attached hydrogens (primary N) is 1. The molecule has 2 amide bonds. The van der Waals surface area contributed by atoms with E-state index >= 15 is 0 Å². The lowest BCUT2D eigenvalue weighted by Gasteiger charge is -2.32. The number of rotatable bonds is 7. The van der Waals surface area contributed by atoms with E-state index in [2.05, 4.69) is 46.2 Å². The maximum atomic E-state index is 11.9. The van der Waals surface area contributed by atoms with Crippen molar-refractivity contribution >= 4 is 29.3 Å². The predicted molar refractivity (Wildman–Crippen MR) is 120 cm³/mol. The van der Waals surface area contributed by atoms with Gasteiger partial charge >= 0.3 is 0 Å². The minimum Gasteiger partial charge on any atom is -0.364 e. The SMILES string of the molecule is C=CC(=O)N1CCC[C@@H](Nc2nnc(C(N)=O)c(Nc3ccc(C(C)C)c(C)c3)n2)C1. The molecule has 0 aliphatic carbocycles. The molecule has 9 nitrogen and oxygen atoms in total. The lowest BCUT2D eigenvalue weighted by molar-refractivity contribution is -0.127. The summed E-state index contributed by atoms with van der Waals surface area (Å²) in [4.78, 5) is 29.9. The zero-order valence-electron chi connectivity index (χ0n) is 18.2. The van der Waals surface area contributed by atoms with Crippen LogP contribution in [0.5, 0.6) is 0 Å². The second-order valence-corrected chi connectivity index (χ2v) is 8.02. The van der Waals surface area contributed by atoms with Crippen LogP contribution in [0.2, 0.25) is 0 Å². The van der Waals surface area contributed by atoms with Gasteiger partial charge in [0.15, 0.2) is 11.5 Å². The lowest BCUT2D eigenvalue weighted by atomic mass is 9.98. The van der Waals surface area contributed by atoms with Gasteiger partial charge in [0.2, 0.25) is 11.9 Å². The summed E-state index contributed by atoms with van der Waals surface area (Å²) in [7, 11) is 0. The average Bonchev–Trinajstić information content (AvgIpc) is 2.73. The van der Waals surface area contributed by atoms with Crippen molar-refractivity contribution in [1.29, 1.82) is 0 Å². The molecule has 164 valence electrons. The number of piperidine rings is 1. The molecular weight excluding hydrogens is 394 g/mol. The Labute approximate surface area is 182 Å². The van der Waals surface area contributed by atoms with Crippen LogP contribution in [-0.4, -0.2) is 51.0 Å². The Bertz CT molecular complexity index is 990. The van der Waals surface area contributed by atoms with Crippen LogP contribution in [0.15, 0.2) is 30.9 Å². The average molecular weight is 424 g/mol. The van der Waals surface area contributed by atoms with Gasteiger partial charge in [0.05, 0.1) is 0 Å². The number of hydrogen-bond acceptors (Lipinski definition) is 7. The van der Waals surface area contributed by atoms with Crippen LogP contribution in [-0.2, 0) is 4.79 Å². The Morgan fingerprint density at radius 2 is 2.10 bits per heavy atom. The van der Waals surface area contributed by atoms with Gasteiger partial charge in [0, 0.05) is 24.8 Å². The number of nitrogens with zero attached hydrogens (tertiary/aromatic N) is 4. The molecule has 1 fully saturated rings. The van der Waals surface area contributed by atoms with E-state index in [1.54, 1.807) is 4.90 Å². The van der Waals surface area contributed by atoms with E-state index in [1.807, 2.05) is 25.1 Å². The molecule has 1 aliphatic heterocycles. The van der Waals surface area contributed by atoms with Crippen molar-refractivity contribution in [2.75, 3.05) is 23.7 Å². The van der Waals surface area contributed by atoms with Crippen LogP contribution >= 0.6 is 0 Å². The van der Waals surface area contributed by atoms with Crippen molar-refractivity contribution in [2.45, 2.75) is 45.6 Å². The fraction of sp³-hybridized carbons (Fsp3) is 0.409. The fourth-order valence-corrected chi connectivity index (χ4v) is 3.78. The molecule has 0 bridgehead atoms. The molecule has 1 saturated heterocycles. The third kappa shape index (κ3) is 5.36. The second kappa shape index (κ2) is 9.55. The lowest BCUT2D eigenvalue weighted by Crippen LogP contribution is -2.44. The van der Waals surface area contributed by atoms with Crippen molar-refractivity contribution in [3.05, 3.63) is 47.7 Å². The molecule has 1 aromatic heterocycles. The van der Waals surface area contributed by atoms with Gasteiger partial charge in [0.25, 0.3) is 5.91 Å². The number of aryl methyl sites for hydroxylation is 1. The highest BCUT2D eigenvalue weighted by molar-refractivity contribution is 5.96.